The molecule has 0 aromatic heterocycles. The molecule has 0 bridgehead atoms. The van der Waals surface area contributed by atoms with Crippen LogP contribution in [0.5, 0.6) is 0 Å². The van der Waals surface area contributed by atoms with Crippen LogP contribution in [-0.2, 0) is 0 Å². The molecule has 0 fully saturated rings. The molecule has 0 atom stereocenters. The molecule has 0 aliphatic heterocycles. The molecule has 0 aliphatic rings. The number of alkyl halides is 3. The zero-order chi connectivity index (χ0) is 11.6. The topological polar surface area (TPSA) is 41.1 Å². The van der Waals surface area contributed by atoms with Crippen LogP contribution in [0.15, 0.2) is 0 Å². The minimum atomic E-state index is -4.46. The Morgan fingerprint density at radius 3 is 1.93 bits per heavy atom. The second kappa shape index (κ2) is 4.06. The molecule has 0 unspecified atom stereocenters. The Labute approximate surface area is 81.1 Å². The third kappa shape index (κ3) is 3.85. The normalized spacial score (nSPS) is 12.9. The lowest BCUT2D eigenvalue weighted by atomic mass is 10.1. The number of carbonyl (C=O) groups excluding carboxylic acids is 1. The van der Waals surface area contributed by atoms with Crippen molar-refractivity contribution in [3.05, 3.63) is 0 Å². The van der Waals surface area contributed by atoms with Gasteiger partial charge in [0.2, 0.25) is 0 Å². The van der Waals surface area contributed by atoms with Crippen molar-refractivity contribution in [2.75, 3.05) is 0 Å². The molecule has 0 saturated heterocycles. The second-order valence-corrected chi connectivity index (χ2v) is 3.88. The second-order valence-electron chi connectivity index (χ2n) is 3.88. The van der Waals surface area contributed by atoms with Gasteiger partial charge in [0.1, 0.15) is 5.54 Å². The van der Waals surface area contributed by atoms with Crippen LogP contribution in [-0.4, -0.2) is 23.8 Å². The van der Waals surface area contributed by atoms with E-state index in [2.05, 4.69) is 5.32 Å². The van der Waals surface area contributed by atoms with Gasteiger partial charge in [0.25, 0.3) is 0 Å². The lowest BCUT2D eigenvalue weighted by Crippen LogP contribution is -2.57. The summed E-state index contributed by atoms with van der Waals surface area (Å²) in [5, 5.41) is 4.17. The fourth-order valence-corrected chi connectivity index (χ4v) is 0.653. The van der Waals surface area contributed by atoms with Gasteiger partial charge in [-0.3, -0.25) is 0 Å². The highest BCUT2D eigenvalue weighted by atomic mass is 19.4. The van der Waals surface area contributed by atoms with Crippen LogP contribution in [0.2, 0.25) is 0 Å². The number of urea groups is 1. The molecule has 2 N–H and O–H groups in total. The zero-order valence-corrected chi connectivity index (χ0v) is 8.62. The van der Waals surface area contributed by atoms with E-state index in [1.54, 1.807) is 13.8 Å². The van der Waals surface area contributed by atoms with Gasteiger partial charge in [0.05, 0.1) is 0 Å². The van der Waals surface area contributed by atoms with Gasteiger partial charge < -0.3 is 10.6 Å². The highest BCUT2D eigenvalue weighted by Crippen LogP contribution is 2.29. The Hall–Kier alpha value is -0.940. The molecule has 84 valence electrons. The van der Waals surface area contributed by atoms with Gasteiger partial charge in [-0.2, -0.15) is 13.2 Å². The Bertz CT molecular complexity index is 211. The summed E-state index contributed by atoms with van der Waals surface area (Å²) < 4.78 is 36.9. The predicted octanol–water partition coefficient (Wildman–Crippen LogP) is 2.03. The fourth-order valence-electron chi connectivity index (χ4n) is 0.653. The predicted molar refractivity (Wildman–Crippen MR) is 46.9 cm³/mol. The van der Waals surface area contributed by atoms with Crippen LogP contribution in [0.1, 0.15) is 27.7 Å². The van der Waals surface area contributed by atoms with E-state index in [1.165, 1.54) is 0 Å². The summed E-state index contributed by atoms with van der Waals surface area (Å²) in [7, 11) is 0. The van der Waals surface area contributed by atoms with Crippen LogP contribution in [0.3, 0.4) is 0 Å². The monoisotopic (exact) mass is 212 g/mol. The van der Waals surface area contributed by atoms with Gasteiger partial charge in [0, 0.05) is 6.04 Å². The van der Waals surface area contributed by atoms with Crippen molar-refractivity contribution >= 4 is 6.03 Å². The van der Waals surface area contributed by atoms with Crippen molar-refractivity contribution in [3.8, 4) is 0 Å². The van der Waals surface area contributed by atoms with Gasteiger partial charge >= 0.3 is 12.2 Å². The number of halogens is 3. The summed E-state index contributed by atoms with van der Waals surface area (Å²) in [4.78, 5) is 11.0. The number of hydrogen-bond acceptors (Lipinski definition) is 1. The van der Waals surface area contributed by atoms with Crippen LogP contribution >= 0.6 is 0 Å². The Balaban J connectivity index is 4.30. The van der Waals surface area contributed by atoms with E-state index in [-0.39, 0.29) is 6.04 Å². The van der Waals surface area contributed by atoms with Crippen molar-refractivity contribution in [2.45, 2.75) is 45.5 Å². The van der Waals surface area contributed by atoms with Crippen molar-refractivity contribution in [1.29, 1.82) is 0 Å². The summed E-state index contributed by atoms with van der Waals surface area (Å²) in [6.45, 7) is 5.15. The van der Waals surface area contributed by atoms with Crippen molar-refractivity contribution in [1.82, 2.24) is 10.6 Å². The lowest BCUT2D eigenvalue weighted by Gasteiger charge is -2.29. The van der Waals surface area contributed by atoms with Gasteiger partial charge in [-0.15, -0.1) is 0 Å². The van der Waals surface area contributed by atoms with E-state index in [4.69, 9.17) is 0 Å². The smallest absolute Gasteiger partial charge is 0.336 e. The summed E-state index contributed by atoms with van der Waals surface area (Å²) >= 11 is 0. The Morgan fingerprint density at radius 2 is 1.64 bits per heavy atom. The number of rotatable bonds is 2. The molecule has 0 aliphatic carbocycles. The van der Waals surface area contributed by atoms with E-state index in [0.717, 1.165) is 13.8 Å². The third-order valence-corrected chi connectivity index (χ3v) is 1.55. The molecule has 6 heteroatoms. The van der Waals surface area contributed by atoms with Crippen LogP contribution in [0.4, 0.5) is 18.0 Å². The van der Waals surface area contributed by atoms with Crippen LogP contribution in [0, 0.1) is 0 Å². The summed E-state index contributed by atoms with van der Waals surface area (Å²) in [5.74, 6) is 0. The van der Waals surface area contributed by atoms with Crippen molar-refractivity contribution in [2.24, 2.45) is 0 Å². The molecular weight excluding hydrogens is 197 g/mol. The van der Waals surface area contributed by atoms with Crippen LogP contribution in [0.25, 0.3) is 0 Å². The maximum Gasteiger partial charge on any atom is 0.411 e. The van der Waals surface area contributed by atoms with Gasteiger partial charge in [-0.1, -0.05) is 0 Å². The number of carbonyl (C=O) groups is 1. The third-order valence-electron chi connectivity index (χ3n) is 1.55. The average Bonchev–Trinajstić information content (AvgIpc) is 1.79. The van der Waals surface area contributed by atoms with Crippen molar-refractivity contribution < 1.29 is 18.0 Å². The average molecular weight is 212 g/mol. The molecule has 0 radical (unpaired) electrons. The largest absolute Gasteiger partial charge is 0.411 e. The van der Waals surface area contributed by atoms with Gasteiger partial charge in [0.15, 0.2) is 0 Å². The first-order chi connectivity index (χ1) is 6.06. The van der Waals surface area contributed by atoms with Gasteiger partial charge in [-0.25, -0.2) is 4.79 Å². The highest BCUT2D eigenvalue weighted by molar-refractivity contribution is 5.75. The first-order valence-corrected chi connectivity index (χ1v) is 4.21. The Kier molecular flexibility index (Phi) is 3.79. The van der Waals surface area contributed by atoms with Crippen molar-refractivity contribution in [3.63, 3.8) is 0 Å². The molecular formula is C8H15F3N2O. The number of nitrogens with one attached hydrogen (secondary N) is 2. The van der Waals surface area contributed by atoms with E-state index < -0.39 is 17.7 Å². The van der Waals surface area contributed by atoms with Gasteiger partial charge in [-0.05, 0) is 27.7 Å². The number of hydrogen-bond donors (Lipinski definition) is 2. The lowest BCUT2D eigenvalue weighted by molar-refractivity contribution is -0.182. The first kappa shape index (κ1) is 13.1. The first-order valence-electron chi connectivity index (χ1n) is 4.21. The molecule has 0 heterocycles. The summed E-state index contributed by atoms with van der Waals surface area (Å²) in [5.41, 5.74) is -2.22. The zero-order valence-electron chi connectivity index (χ0n) is 8.62. The molecule has 14 heavy (non-hydrogen) atoms. The maximum atomic E-state index is 12.3. The summed E-state index contributed by atoms with van der Waals surface area (Å²) in [6.07, 6.45) is -4.46. The highest BCUT2D eigenvalue weighted by Gasteiger charge is 2.48. The molecule has 0 aromatic carbocycles. The van der Waals surface area contributed by atoms with Crippen LogP contribution < -0.4 is 10.6 Å². The van der Waals surface area contributed by atoms with E-state index in [0.29, 0.717) is 0 Å². The molecule has 2 amide bonds. The van der Waals surface area contributed by atoms with E-state index >= 15 is 0 Å². The molecule has 0 rings (SSSR count). The minimum absolute atomic E-state index is 0.195. The SMILES string of the molecule is CC(C)NC(=O)NC(C)(C)C(F)(F)F. The minimum Gasteiger partial charge on any atom is -0.336 e. The standard InChI is InChI=1S/C8H15F3N2O/c1-5(2)12-6(14)13-7(3,4)8(9,10)11/h5H,1-4H3,(H2,12,13,14). The quantitative estimate of drug-likeness (QED) is 0.722. The fraction of sp³-hybridized carbons (Fsp3) is 0.875. The molecule has 0 aromatic rings. The Morgan fingerprint density at radius 1 is 1.21 bits per heavy atom. The number of amides is 2. The molecule has 3 nitrogen and oxygen atoms in total. The summed E-state index contributed by atoms with van der Waals surface area (Å²) in [6, 6.07) is -1.01. The van der Waals surface area contributed by atoms with E-state index in [1.807, 2.05) is 5.32 Å². The molecule has 0 spiro atoms. The molecule has 0 saturated carbocycles. The maximum absolute atomic E-state index is 12.3. The van der Waals surface area contributed by atoms with E-state index in [9.17, 15) is 18.0 Å².